The van der Waals surface area contributed by atoms with Gasteiger partial charge >= 0.3 is 11.7 Å². The van der Waals surface area contributed by atoms with Gasteiger partial charge in [0.2, 0.25) is 0 Å². The number of hydrogen-bond donors (Lipinski definition) is 1. The van der Waals surface area contributed by atoms with Gasteiger partial charge in [-0.3, -0.25) is 18.9 Å². The lowest BCUT2D eigenvalue weighted by molar-refractivity contribution is 0.420. The van der Waals surface area contributed by atoms with Crippen LogP contribution in [0.1, 0.15) is 25.0 Å². The van der Waals surface area contributed by atoms with Gasteiger partial charge < -0.3 is 4.74 Å². The Morgan fingerprint density at radius 2 is 1.80 bits per heavy atom. The molecule has 0 radical (unpaired) electrons. The summed E-state index contributed by atoms with van der Waals surface area (Å²) in [5.74, 6) is 0.615. The molecule has 0 fully saturated rings. The number of aromatic nitrogens is 4. The highest BCUT2D eigenvalue weighted by Gasteiger charge is 2.20. The van der Waals surface area contributed by atoms with E-state index in [4.69, 9.17) is 16.3 Å². The number of ether oxygens (including phenoxy) is 1. The lowest BCUT2D eigenvalue weighted by Gasteiger charge is -2.10. The molecule has 0 aliphatic rings. The van der Waals surface area contributed by atoms with Gasteiger partial charge in [-0.15, -0.1) is 0 Å². The van der Waals surface area contributed by atoms with E-state index in [9.17, 15) is 9.59 Å². The van der Waals surface area contributed by atoms with E-state index in [1.165, 1.54) is 4.57 Å². The van der Waals surface area contributed by atoms with Gasteiger partial charge in [-0.1, -0.05) is 42.8 Å². The number of aromatic amines is 1. The summed E-state index contributed by atoms with van der Waals surface area (Å²) in [6.45, 7) is 4.59. The first-order chi connectivity index (χ1) is 14.5. The molecule has 0 aliphatic carbocycles. The number of fused-ring (bicyclic) bond motifs is 1. The summed E-state index contributed by atoms with van der Waals surface area (Å²) in [7, 11) is 0. The van der Waals surface area contributed by atoms with Crippen LogP contribution in [-0.4, -0.2) is 19.1 Å². The molecule has 154 valence electrons. The predicted molar refractivity (Wildman–Crippen MR) is 117 cm³/mol. The number of imidazole rings is 1. The molecule has 0 saturated heterocycles. The SMILES string of the molecule is CCc1cccc(Oc2nc3c(c(=O)[nH]c(=O)n3CC)n2Cc2ccc(Cl)cc2)c1. The fraction of sp³-hybridized carbons (Fsp3) is 0.227. The second kappa shape index (κ2) is 8.20. The highest BCUT2D eigenvalue weighted by molar-refractivity contribution is 6.30. The molecular weight excluding hydrogens is 404 g/mol. The first-order valence-electron chi connectivity index (χ1n) is 9.74. The van der Waals surface area contributed by atoms with E-state index in [1.54, 1.807) is 16.7 Å². The lowest BCUT2D eigenvalue weighted by atomic mass is 10.2. The Bertz CT molecular complexity index is 1320. The summed E-state index contributed by atoms with van der Waals surface area (Å²) >= 11 is 6.00. The smallest absolute Gasteiger partial charge is 0.330 e. The van der Waals surface area contributed by atoms with Crippen LogP contribution in [0, 0.1) is 0 Å². The Labute approximate surface area is 177 Å². The van der Waals surface area contributed by atoms with Gasteiger partial charge in [0.15, 0.2) is 11.2 Å². The van der Waals surface area contributed by atoms with Gasteiger partial charge in [0.1, 0.15) is 5.75 Å². The number of aryl methyl sites for hydroxylation is 2. The van der Waals surface area contributed by atoms with Crippen molar-refractivity contribution in [1.82, 2.24) is 19.1 Å². The van der Waals surface area contributed by atoms with Crippen molar-refractivity contribution in [1.29, 1.82) is 0 Å². The molecule has 30 heavy (non-hydrogen) atoms. The standard InChI is InChI=1S/C22H21ClN4O3/c1-3-14-6-5-7-17(12-14)30-22-24-19-18(20(28)25-21(29)26(19)4-2)27(22)13-15-8-10-16(23)11-9-15/h5-12H,3-4,13H2,1-2H3,(H,25,28,29). The maximum atomic E-state index is 12.7. The number of hydrogen-bond acceptors (Lipinski definition) is 4. The van der Waals surface area contributed by atoms with Crippen LogP contribution in [0.4, 0.5) is 0 Å². The molecular formula is C22H21ClN4O3. The Balaban J connectivity index is 1.90. The van der Waals surface area contributed by atoms with Gasteiger partial charge in [-0.05, 0) is 48.7 Å². The fourth-order valence-electron chi connectivity index (χ4n) is 3.38. The molecule has 4 rings (SSSR count). The van der Waals surface area contributed by atoms with E-state index >= 15 is 0 Å². The van der Waals surface area contributed by atoms with Crippen molar-refractivity contribution >= 4 is 22.8 Å². The number of benzene rings is 2. The Morgan fingerprint density at radius 3 is 2.50 bits per heavy atom. The maximum absolute atomic E-state index is 12.7. The Kier molecular flexibility index (Phi) is 5.46. The molecule has 0 atom stereocenters. The van der Waals surface area contributed by atoms with Crippen molar-refractivity contribution in [2.24, 2.45) is 0 Å². The zero-order valence-corrected chi connectivity index (χ0v) is 17.4. The zero-order valence-electron chi connectivity index (χ0n) is 16.7. The third kappa shape index (κ3) is 3.76. The monoisotopic (exact) mass is 424 g/mol. The van der Waals surface area contributed by atoms with Gasteiger partial charge in [0.25, 0.3) is 5.56 Å². The molecule has 0 unspecified atom stereocenters. The van der Waals surface area contributed by atoms with Crippen LogP contribution in [0.15, 0.2) is 58.1 Å². The summed E-state index contributed by atoms with van der Waals surface area (Å²) in [6, 6.07) is 15.3. The van der Waals surface area contributed by atoms with Crippen LogP contribution < -0.4 is 16.0 Å². The van der Waals surface area contributed by atoms with Gasteiger partial charge in [-0.25, -0.2) is 4.79 Å². The largest absolute Gasteiger partial charge is 0.425 e. The summed E-state index contributed by atoms with van der Waals surface area (Å²) in [6.07, 6.45) is 0.868. The number of halogens is 1. The van der Waals surface area contributed by atoms with Crippen molar-refractivity contribution in [2.75, 3.05) is 0 Å². The quantitative estimate of drug-likeness (QED) is 0.508. The minimum absolute atomic E-state index is 0.242. The molecule has 0 bridgehead atoms. The van der Waals surface area contributed by atoms with Gasteiger partial charge in [0, 0.05) is 11.6 Å². The lowest BCUT2D eigenvalue weighted by Crippen LogP contribution is -2.30. The van der Waals surface area contributed by atoms with Crippen molar-refractivity contribution in [2.45, 2.75) is 33.4 Å². The number of nitrogens with one attached hydrogen (secondary N) is 1. The summed E-state index contributed by atoms with van der Waals surface area (Å²) in [5.41, 5.74) is 1.62. The second-order valence-electron chi connectivity index (χ2n) is 6.89. The first kappa shape index (κ1) is 20.0. The van der Waals surface area contributed by atoms with Crippen molar-refractivity contribution < 1.29 is 4.74 Å². The van der Waals surface area contributed by atoms with E-state index < -0.39 is 11.2 Å². The van der Waals surface area contributed by atoms with Crippen molar-refractivity contribution in [3.05, 3.63) is 85.5 Å². The van der Waals surface area contributed by atoms with E-state index in [0.717, 1.165) is 17.5 Å². The molecule has 0 amide bonds. The number of rotatable bonds is 6. The fourth-order valence-corrected chi connectivity index (χ4v) is 3.50. The molecule has 2 aromatic carbocycles. The molecule has 8 heteroatoms. The predicted octanol–water partition coefficient (Wildman–Crippen LogP) is 3.96. The van der Waals surface area contributed by atoms with Crippen LogP contribution >= 0.6 is 11.6 Å². The first-order valence-corrected chi connectivity index (χ1v) is 10.1. The van der Waals surface area contributed by atoms with E-state index in [1.807, 2.05) is 43.3 Å². The van der Waals surface area contributed by atoms with Crippen LogP contribution in [0.5, 0.6) is 11.8 Å². The molecule has 0 aliphatic heterocycles. The van der Waals surface area contributed by atoms with Crippen LogP contribution in [0.25, 0.3) is 11.2 Å². The van der Waals surface area contributed by atoms with Crippen LogP contribution in [0.2, 0.25) is 5.02 Å². The average molecular weight is 425 g/mol. The third-order valence-corrected chi connectivity index (χ3v) is 5.19. The van der Waals surface area contributed by atoms with E-state index in [2.05, 4.69) is 16.9 Å². The van der Waals surface area contributed by atoms with Crippen molar-refractivity contribution in [3.63, 3.8) is 0 Å². The zero-order chi connectivity index (χ0) is 21.3. The molecule has 4 aromatic rings. The van der Waals surface area contributed by atoms with E-state index in [-0.39, 0.29) is 11.5 Å². The van der Waals surface area contributed by atoms with Gasteiger partial charge in [0.05, 0.1) is 6.54 Å². The van der Waals surface area contributed by atoms with Gasteiger partial charge in [-0.2, -0.15) is 4.98 Å². The summed E-state index contributed by atoms with van der Waals surface area (Å²) in [4.78, 5) is 31.8. The minimum atomic E-state index is -0.502. The highest BCUT2D eigenvalue weighted by atomic mass is 35.5. The molecule has 2 heterocycles. The minimum Gasteiger partial charge on any atom is -0.425 e. The van der Waals surface area contributed by atoms with E-state index in [0.29, 0.717) is 29.5 Å². The summed E-state index contributed by atoms with van der Waals surface area (Å²) < 4.78 is 9.19. The molecule has 0 saturated carbocycles. The topological polar surface area (TPSA) is 81.9 Å². The van der Waals surface area contributed by atoms with Crippen LogP contribution in [0.3, 0.4) is 0 Å². The van der Waals surface area contributed by atoms with Crippen molar-refractivity contribution in [3.8, 4) is 11.8 Å². The number of H-pyrrole nitrogens is 1. The third-order valence-electron chi connectivity index (χ3n) is 4.94. The maximum Gasteiger partial charge on any atom is 0.330 e. The van der Waals surface area contributed by atoms with Crippen LogP contribution in [-0.2, 0) is 19.5 Å². The highest BCUT2D eigenvalue weighted by Crippen LogP contribution is 2.26. The number of nitrogens with zero attached hydrogens (tertiary/aromatic N) is 3. The average Bonchev–Trinajstić information content (AvgIpc) is 3.08. The molecule has 7 nitrogen and oxygen atoms in total. The molecule has 2 aromatic heterocycles. The Morgan fingerprint density at radius 1 is 1.03 bits per heavy atom. The summed E-state index contributed by atoms with van der Waals surface area (Å²) in [5, 5.41) is 0.625. The normalized spacial score (nSPS) is 11.2. The Hall–Kier alpha value is -3.32. The molecule has 1 N–H and O–H groups in total. The molecule has 0 spiro atoms. The second-order valence-corrected chi connectivity index (χ2v) is 7.32.